The zero-order valence-electron chi connectivity index (χ0n) is 10.6. The van der Waals surface area contributed by atoms with Crippen molar-refractivity contribution in [2.45, 2.75) is 20.3 Å². The van der Waals surface area contributed by atoms with Gasteiger partial charge in [-0.05, 0) is 32.4 Å². The lowest BCUT2D eigenvalue weighted by molar-refractivity contribution is -0.386. The fourth-order valence-corrected chi connectivity index (χ4v) is 1.28. The molecule has 104 valence electrons. The first kappa shape index (κ1) is 14.9. The minimum Gasteiger partial charge on any atom is -0.487 e. The molecule has 0 amide bonds. The Labute approximate surface area is 109 Å². The molecule has 1 aromatic carbocycles. The molecule has 19 heavy (non-hydrogen) atoms. The van der Waals surface area contributed by atoms with Gasteiger partial charge in [0.05, 0.1) is 23.0 Å². The zero-order valence-corrected chi connectivity index (χ0v) is 10.6. The van der Waals surface area contributed by atoms with Gasteiger partial charge in [0, 0.05) is 0 Å². The molecule has 0 fully saturated rings. The average molecular weight is 271 g/mol. The molecule has 7 heteroatoms. The monoisotopic (exact) mass is 271 g/mol. The fraction of sp³-hybridized carbons (Fsp3) is 0.417. The summed E-state index contributed by atoms with van der Waals surface area (Å²) in [7, 11) is 0. The third-order valence-corrected chi connectivity index (χ3v) is 2.68. The van der Waals surface area contributed by atoms with E-state index in [4.69, 9.17) is 9.84 Å². The Morgan fingerprint density at radius 1 is 1.53 bits per heavy atom. The summed E-state index contributed by atoms with van der Waals surface area (Å²) in [4.78, 5) is 20.8. The number of ether oxygens (including phenoxy) is 1. The minimum absolute atomic E-state index is 0.00816. The molecule has 0 spiro atoms. The molecular weight excluding hydrogens is 257 g/mol. The van der Waals surface area contributed by atoms with E-state index in [-0.39, 0.29) is 18.8 Å². The van der Waals surface area contributed by atoms with Crippen LogP contribution < -0.4 is 4.74 Å². The number of hydrogen-bond acceptors (Lipinski definition) is 4. The van der Waals surface area contributed by atoms with Crippen molar-refractivity contribution in [2.24, 2.45) is 5.41 Å². The van der Waals surface area contributed by atoms with Crippen molar-refractivity contribution < 1.29 is 24.0 Å². The first-order valence-corrected chi connectivity index (χ1v) is 5.54. The van der Waals surface area contributed by atoms with Gasteiger partial charge in [-0.2, -0.15) is 0 Å². The zero-order chi connectivity index (χ0) is 14.6. The van der Waals surface area contributed by atoms with Gasteiger partial charge in [0.25, 0.3) is 0 Å². The molecule has 6 nitrogen and oxygen atoms in total. The lowest BCUT2D eigenvalue weighted by Gasteiger charge is -2.18. The summed E-state index contributed by atoms with van der Waals surface area (Å²) in [5.74, 6) is -1.79. The molecule has 0 radical (unpaired) electrons. The van der Waals surface area contributed by atoms with E-state index in [2.05, 4.69) is 0 Å². The molecule has 0 aromatic heterocycles. The second kappa shape index (κ2) is 5.64. The number of carboxylic acids is 1. The maximum atomic E-state index is 12.9. The number of carbonyl (C=O) groups is 1. The number of rotatable bonds is 6. The summed E-state index contributed by atoms with van der Waals surface area (Å²) in [6.45, 7) is 3.04. The lowest BCUT2D eigenvalue weighted by Crippen LogP contribution is -2.25. The summed E-state index contributed by atoms with van der Waals surface area (Å²) in [5, 5.41) is 19.6. The van der Waals surface area contributed by atoms with Crippen LogP contribution in [0.1, 0.15) is 20.3 Å². The molecule has 0 aliphatic carbocycles. The summed E-state index contributed by atoms with van der Waals surface area (Å²) in [5.41, 5.74) is -1.47. The van der Waals surface area contributed by atoms with Gasteiger partial charge in [0.2, 0.25) is 0 Å². The maximum Gasteiger partial charge on any atom is 0.313 e. The van der Waals surface area contributed by atoms with Crippen molar-refractivity contribution in [1.82, 2.24) is 0 Å². The van der Waals surface area contributed by atoms with Crippen LogP contribution >= 0.6 is 0 Å². The molecule has 1 aromatic rings. The van der Waals surface area contributed by atoms with Crippen LogP contribution in [0.2, 0.25) is 0 Å². The molecule has 0 aliphatic rings. The van der Waals surface area contributed by atoms with Crippen LogP contribution in [-0.4, -0.2) is 22.6 Å². The first-order valence-electron chi connectivity index (χ1n) is 5.54. The number of nitrogens with zero attached hydrogens (tertiary/aromatic N) is 1. The van der Waals surface area contributed by atoms with Gasteiger partial charge in [-0.15, -0.1) is 0 Å². The van der Waals surface area contributed by atoms with E-state index in [0.717, 1.165) is 18.2 Å². The number of aliphatic carboxylic acids is 1. The number of carboxylic acid groups (broad SMARTS) is 1. The first-order chi connectivity index (χ1) is 8.74. The molecule has 0 atom stereocenters. The van der Waals surface area contributed by atoms with Crippen molar-refractivity contribution in [3.8, 4) is 5.75 Å². The predicted octanol–water partition coefficient (Wildman–Crippen LogP) is 2.61. The number of nitro groups is 1. The SMILES string of the molecule is CC(C)(CCOc1ccc(F)cc1[N+](=O)[O-])C(=O)O. The Kier molecular flexibility index (Phi) is 4.42. The molecule has 1 rings (SSSR count). The van der Waals surface area contributed by atoms with Crippen LogP contribution in [0.25, 0.3) is 0 Å². The van der Waals surface area contributed by atoms with E-state index in [1.807, 2.05) is 0 Å². The minimum atomic E-state index is -0.991. The molecule has 0 saturated heterocycles. The summed E-state index contributed by atoms with van der Waals surface area (Å²) in [6, 6.07) is 2.96. The van der Waals surface area contributed by atoms with Crippen molar-refractivity contribution in [1.29, 1.82) is 0 Å². The highest BCUT2D eigenvalue weighted by Crippen LogP contribution is 2.28. The largest absolute Gasteiger partial charge is 0.487 e. The highest BCUT2D eigenvalue weighted by molar-refractivity contribution is 5.73. The van der Waals surface area contributed by atoms with Crippen molar-refractivity contribution in [2.75, 3.05) is 6.61 Å². The Hall–Kier alpha value is -2.18. The maximum absolute atomic E-state index is 12.9. The molecule has 0 saturated carbocycles. The van der Waals surface area contributed by atoms with E-state index in [1.165, 1.54) is 13.8 Å². The Balaban J connectivity index is 2.74. The van der Waals surface area contributed by atoms with Crippen molar-refractivity contribution in [3.63, 3.8) is 0 Å². The normalized spacial score (nSPS) is 11.1. The van der Waals surface area contributed by atoms with Gasteiger partial charge >= 0.3 is 11.7 Å². The predicted molar refractivity (Wildman–Crippen MR) is 64.6 cm³/mol. The summed E-state index contributed by atoms with van der Waals surface area (Å²) < 4.78 is 18.1. The third kappa shape index (κ3) is 3.90. The topological polar surface area (TPSA) is 89.7 Å². The smallest absolute Gasteiger partial charge is 0.313 e. The number of nitro benzene ring substituents is 1. The van der Waals surface area contributed by atoms with Gasteiger partial charge in [-0.25, -0.2) is 4.39 Å². The average Bonchev–Trinajstić information content (AvgIpc) is 2.30. The number of halogens is 1. The van der Waals surface area contributed by atoms with Gasteiger partial charge in [-0.3, -0.25) is 14.9 Å². The van der Waals surface area contributed by atoms with E-state index < -0.39 is 27.8 Å². The van der Waals surface area contributed by atoms with Crippen LogP contribution in [0.3, 0.4) is 0 Å². The standard InChI is InChI=1S/C12H14FNO5/c1-12(2,11(15)16)5-6-19-10-4-3-8(13)7-9(10)14(17)18/h3-4,7H,5-6H2,1-2H3,(H,15,16). The molecular formula is C12H14FNO5. The third-order valence-electron chi connectivity index (χ3n) is 2.68. The molecule has 0 aliphatic heterocycles. The molecule has 0 unspecified atom stereocenters. The van der Waals surface area contributed by atoms with E-state index in [0.29, 0.717) is 0 Å². The highest BCUT2D eigenvalue weighted by Gasteiger charge is 2.27. The van der Waals surface area contributed by atoms with Crippen LogP contribution in [0.5, 0.6) is 5.75 Å². The second-order valence-corrected chi connectivity index (χ2v) is 4.66. The number of hydrogen-bond donors (Lipinski definition) is 1. The molecule has 0 heterocycles. The Morgan fingerprint density at radius 2 is 2.16 bits per heavy atom. The van der Waals surface area contributed by atoms with Gasteiger partial charge in [-0.1, -0.05) is 0 Å². The van der Waals surface area contributed by atoms with Crippen LogP contribution in [-0.2, 0) is 4.79 Å². The second-order valence-electron chi connectivity index (χ2n) is 4.66. The van der Waals surface area contributed by atoms with Gasteiger partial charge in [0.15, 0.2) is 5.75 Å². The van der Waals surface area contributed by atoms with Crippen molar-refractivity contribution >= 4 is 11.7 Å². The Bertz CT molecular complexity index is 501. The lowest BCUT2D eigenvalue weighted by atomic mass is 9.90. The van der Waals surface area contributed by atoms with Crippen LogP contribution in [0.15, 0.2) is 18.2 Å². The van der Waals surface area contributed by atoms with E-state index in [1.54, 1.807) is 0 Å². The fourth-order valence-electron chi connectivity index (χ4n) is 1.28. The van der Waals surface area contributed by atoms with Crippen LogP contribution in [0.4, 0.5) is 10.1 Å². The quantitative estimate of drug-likeness (QED) is 0.634. The van der Waals surface area contributed by atoms with Crippen molar-refractivity contribution in [3.05, 3.63) is 34.1 Å². The Morgan fingerprint density at radius 3 is 2.68 bits per heavy atom. The summed E-state index contributed by atoms with van der Waals surface area (Å²) >= 11 is 0. The summed E-state index contributed by atoms with van der Waals surface area (Å²) in [6.07, 6.45) is 0.177. The van der Waals surface area contributed by atoms with Crippen LogP contribution in [0, 0.1) is 21.3 Å². The molecule has 0 bridgehead atoms. The van der Waals surface area contributed by atoms with Gasteiger partial charge < -0.3 is 9.84 Å². The highest BCUT2D eigenvalue weighted by atomic mass is 19.1. The van der Waals surface area contributed by atoms with Gasteiger partial charge in [0.1, 0.15) is 5.82 Å². The van der Waals surface area contributed by atoms with E-state index in [9.17, 15) is 19.3 Å². The number of benzene rings is 1. The molecule has 1 N–H and O–H groups in total. The van der Waals surface area contributed by atoms with E-state index >= 15 is 0 Å².